The van der Waals surface area contributed by atoms with Gasteiger partial charge in [0.05, 0.1) is 0 Å². The molecule has 0 aromatic rings. The van der Waals surface area contributed by atoms with Crippen molar-refractivity contribution in [1.82, 2.24) is 0 Å². The number of carbonyl (C=O) groups is 1. The molecule has 0 atom stereocenters. The molecule has 0 bridgehead atoms. The van der Waals surface area contributed by atoms with Gasteiger partial charge in [-0.1, -0.05) is 0 Å². The van der Waals surface area contributed by atoms with Crippen LogP contribution in [0.1, 0.15) is 0 Å². The van der Waals surface area contributed by atoms with Crippen LogP contribution >= 0.6 is 0 Å². The minimum Gasteiger partial charge on any atom is -0.450 e. The van der Waals surface area contributed by atoms with Crippen LogP contribution in [0.2, 0.25) is 0 Å². The fraction of sp³-hybridized carbons (Fsp3) is 0. The van der Waals surface area contributed by atoms with Crippen molar-refractivity contribution >= 4 is 6.16 Å². The van der Waals surface area contributed by atoms with Gasteiger partial charge >= 0.3 is 6.16 Å². The van der Waals surface area contributed by atoms with E-state index >= 15 is 0 Å². The third kappa shape index (κ3) is 46.8. The van der Waals surface area contributed by atoms with Gasteiger partial charge in [-0.15, -0.1) is 0 Å². The Bertz CT molecular complexity index is 37.9. The van der Waals surface area contributed by atoms with E-state index in [0.29, 0.717) is 0 Å². The van der Waals surface area contributed by atoms with E-state index in [0.717, 1.165) is 0 Å². The molecule has 37 valence electrons. The third-order valence-corrected chi connectivity index (χ3v) is 0. The first-order chi connectivity index (χ1) is 1.73. The van der Waals surface area contributed by atoms with Crippen LogP contribution < -0.4 is 0 Å². The minimum atomic E-state index is -1.83. The zero-order valence-electron chi connectivity index (χ0n) is 3.29. The van der Waals surface area contributed by atoms with E-state index in [4.69, 9.17) is 15.0 Å². The maximum atomic E-state index is 8.56. The average Bonchev–Trinajstić information content (AvgIpc) is 0.811. The second-order valence-electron chi connectivity index (χ2n) is 0.283. The molecule has 3 nitrogen and oxygen atoms in total. The first kappa shape index (κ1) is 22.5. The van der Waals surface area contributed by atoms with Crippen LogP contribution in [-0.4, -0.2) is 16.4 Å². The predicted molar refractivity (Wildman–Crippen MR) is 10.7 cm³/mol. The van der Waals surface area contributed by atoms with E-state index in [1.165, 1.54) is 0 Å². The van der Waals surface area contributed by atoms with Crippen molar-refractivity contribution in [3.8, 4) is 0 Å². The molecule has 2 N–H and O–H groups in total. The van der Waals surface area contributed by atoms with Crippen molar-refractivity contribution in [2.24, 2.45) is 0 Å². The summed E-state index contributed by atoms with van der Waals surface area (Å²) in [5, 5.41) is 13.9. The Balaban J connectivity index is -0.0000000150. The van der Waals surface area contributed by atoms with Gasteiger partial charge in [0.15, 0.2) is 0 Å². The van der Waals surface area contributed by atoms with Gasteiger partial charge in [-0.05, 0) is 0 Å². The number of carboxylic acid groups (broad SMARTS) is 2. The fourth-order valence-electron chi connectivity index (χ4n) is 0. The first-order valence-electron chi connectivity index (χ1n) is 0.651. The molecular weight excluding hydrogens is 489 g/mol. The van der Waals surface area contributed by atoms with E-state index in [-0.39, 0.29) is 118 Å². The number of rotatable bonds is 0. The summed E-state index contributed by atoms with van der Waals surface area (Å²) in [6, 6.07) is 0. The second kappa shape index (κ2) is 16.1. The van der Waals surface area contributed by atoms with E-state index < -0.39 is 6.16 Å². The first-order valence-corrected chi connectivity index (χ1v) is 0.651. The molecular formula is CH2CeLaO3Sm. The van der Waals surface area contributed by atoms with Crippen LogP contribution in [0, 0.1) is 118 Å². The second-order valence-corrected chi connectivity index (χ2v) is 0.283. The average molecular weight is 491 g/mol. The summed E-state index contributed by atoms with van der Waals surface area (Å²) in [6.45, 7) is 0. The summed E-state index contributed by atoms with van der Waals surface area (Å²) < 4.78 is 0. The van der Waals surface area contributed by atoms with Crippen LogP contribution in [0.25, 0.3) is 0 Å². The quantitative estimate of drug-likeness (QED) is 0.510. The summed E-state index contributed by atoms with van der Waals surface area (Å²) in [5.41, 5.74) is 0. The van der Waals surface area contributed by atoms with E-state index in [9.17, 15) is 0 Å². The van der Waals surface area contributed by atoms with Gasteiger partial charge < -0.3 is 10.2 Å². The standard InChI is InChI=1S/CH2O3.Ce.La.Sm/c2-1(3)4;;;/h(H2,2,3,4);;;. The van der Waals surface area contributed by atoms with Gasteiger partial charge in [-0.25, -0.2) is 4.79 Å². The van der Waals surface area contributed by atoms with Gasteiger partial charge in [0.25, 0.3) is 0 Å². The molecule has 0 amide bonds. The van der Waals surface area contributed by atoms with Crippen molar-refractivity contribution in [2.45, 2.75) is 0 Å². The molecule has 0 aliphatic heterocycles. The minimum absolute atomic E-state index is 0. The molecule has 0 aliphatic rings. The van der Waals surface area contributed by atoms with Crippen LogP contribution in [0.4, 0.5) is 4.79 Å². The van der Waals surface area contributed by atoms with Crippen molar-refractivity contribution in [1.29, 1.82) is 0 Å². The molecule has 0 heterocycles. The van der Waals surface area contributed by atoms with E-state index in [2.05, 4.69) is 0 Å². The normalized spacial score (nSPS) is 3.43. The Kier molecular flexibility index (Phi) is 51.6. The molecule has 6 heteroatoms. The molecule has 0 unspecified atom stereocenters. The summed E-state index contributed by atoms with van der Waals surface area (Å²) in [6.07, 6.45) is -1.83. The largest absolute Gasteiger partial charge is 0.503 e. The Morgan fingerprint density at radius 1 is 1.29 bits per heavy atom. The number of hydrogen-bond acceptors (Lipinski definition) is 1. The van der Waals surface area contributed by atoms with Crippen LogP contribution in [0.3, 0.4) is 0 Å². The van der Waals surface area contributed by atoms with Gasteiger partial charge in [0.2, 0.25) is 0 Å². The molecule has 0 aromatic heterocycles. The summed E-state index contributed by atoms with van der Waals surface area (Å²) >= 11 is 0. The maximum Gasteiger partial charge on any atom is 0.503 e. The molecule has 0 spiro atoms. The Hall–Kier alpha value is 3.18. The van der Waals surface area contributed by atoms with Crippen molar-refractivity contribution < 1.29 is 133 Å². The molecule has 0 aliphatic carbocycles. The topological polar surface area (TPSA) is 57.5 Å². The molecule has 0 rings (SSSR count). The molecule has 0 fully saturated rings. The van der Waals surface area contributed by atoms with Gasteiger partial charge in [0.1, 0.15) is 0 Å². The summed E-state index contributed by atoms with van der Waals surface area (Å²) in [4.78, 5) is 8.56. The van der Waals surface area contributed by atoms with Crippen molar-refractivity contribution in [3.05, 3.63) is 0 Å². The smallest absolute Gasteiger partial charge is 0.450 e. The van der Waals surface area contributed by atoms with Gasteiger partial charge in [0, 0.05) is 118 Å². The molecule has 7 heavy (non-hydrogen) atoms. The van der Waals surface area contributed by atoms with Crippen LogP contribution in [0.5, 0.6) is 0 Å². The fourth-order valence-corrected chi connectivity index (χ4v) is 0. The molecule has 1 radical (unpaired) electrons. The Labute approximate surface area is 135 Å². The van der Waals surface area contributed by atoms with E-state index in [1.54, 1.807) is 0 Å². The van der Waals surface area contributed by atoms with Crippen molar-refractivity contribution in [3.63, 3.8) is 0 Å². The van der Waals surface area contributed by atoms with Gasteiger partial charge in [-0.3, -0.25) is 0 Å². The SMILES string of the molecule is O=C(O)O.[Ce].[La].[Sm]. The molecule has 0 saturated carbocycles. The van der Waals surface area contributed by atoms with Gasteiger partial charge in [-0.2, -0.15) is 0 Å². The monoisotopic (exact) mass is 493 g/mol. The zero-order chi connectivity index (χ0) is 3.58. The summed E-state index contributed by atoms with van der Waals surface area (Å²) in [7, 11) is 0. The van der Waals surface area contributed by atoms with Crippen LogP contribution in [0.15, 0.2) is 0 Å². The third-order valence-electron chi connectivity index (χ3n) is 0. The van der Waals surface area contributed by atoms with Crippen molar-refractivity contribution in [2.75, 3.05) is 0 Å². The van der Waals surface area contributed by atoms with E-state index in [1.807, 2.05) is 0 Å². The maximum absolute atomic E-state index is 8.56. The Morgan fingerprint density at radius 3 is 1.29 bits per heavy atom. The predicted octanol–water partition coefficient (Wildman–Crippen LogP) is 0.222. The zero-order valence-corrected chi connectivity index (χ0v) is 12.7. The Morgan fingerprint density at radius 2 is 1.29 bits per heavy atom. The van der Waals surface area contributed by atoms with Crippen LogP contribution in [-0.2, 0) is 0 Å². The number of hydrogen-bond donors (Lipinski definition) is 2. The molecule has 0 saturated heterocycles. The molecule has 0 aromatic carbocycles. The summed E-state index contributed by atoms with van der Waals surface area (Å²) in [5.74, 6) is 0.